The molecule has 1 aliphatic carbocycles. The molecular weight excluding hydrogens is 596 g/mol. The highest BCUT2D eigenvalue weighted by molar-refractivity contribution is 9.10. The van der Waals surface area contributed by atoms with Gasteiger partial charge in [0.15, 0.2) is 21.5 Å². The number of esters is 1. The number of likely N-dealkylation sites (N-methyl/N-ethyl adjacent to an activating group) is 1. The Morgan fingerprint density at radius 1 is 1.13 bits per heavy atom. The molecule has 8 nitrogen and oxygen atoms in total. The molecule has 0 bridgehead atoms. The predicted octanol–water partition coefficient (Wildman–Crippen LogP) is 4.62. The Hall–Kier alpha value is -2.54. The van der Waals surface area contributed by atoms with Crippen molar-refractivity contribution in [2.24, 2.45) is 0 Å². The number of carbonyl (C=O) groups excluding carboxylic acids is 1. The van der Waals surface area contributed by atoms with Crippen molar-refractivity contribution in [2.45, 2.75) is 43.0 Å². The molecule has 0 radical (unpaired) electrons. The third kappa shape index (κ3) is 5.44. The first-order valence-corrected chi connectivity index (χ1v) is 15.3. The van der Waals surface area contributed by atoms with E-state index in [-0.39, 0.29) is 34.6 Å². The van der Waals surface area contributed by atoms with Gasteiger partial charge in [0.2, 0.25) is 0 Å². The standard InChI is InChI=1S/C27H30BrF2N3O5S/c1-3-38-27(35)25-23(15-39(36,37)17-6-7-20(29)21(30)12-17)33(16-4-5-16)22-13-19(28)26(34)18(24(22)25)14-32-10-8-31(2)9-11-32/h6-7,12-13,16,34H,3-5,8-11,14-15H2,1-2H3. The molecule has 12 heteroatoms. The molecule has 1 aliphatic heterocycles. The van der Waals surface area contributed by atoms with Crippen LogP contribution in [0.1, 0.15) is 47.4 Å². The number of phenolic OH excluding ortho intramolecular Hbond substituents is 1. The van der Waals surface area contributed by atoms with Crippen molar-refractivity contribution >= 4 is 42.6 Å². The molecule has 2 heterocycles. The lowest BCUT2D eigenvalue weighted by atomic mass is 10.0. The average Bonchev–Trinajstić information content (AvgIpc) is 3.67. The third-order valence-electron chi connectivity index (χ3n) is 7.37. The molecule has 0 spiro atoms. The first kappa shape index (κ1) is 28.0. The topological polar surface area (TPSA) is 92.1 Å². The fourth-order valence-electron chi connectivity index (χ4n) is 5.19. The summed E-state index contributed by atoms with van der Waals surface area (Å²) >= 11 is 3.46. The molecule has 5 rings (SSSR count). The minimum absolute atomic E-state index is 0.0186. The normalized spacial score (nSPS) is 17.2. The second-order valence-electron chi connectivity index (χ2n) is 10.1. The van der Waals surface area contributed by atoms with Crippen LogP contribution in [0.5, 0.6) is 5.75 Å². The lowest BCUT2D eigenvalue weighted by Crippen LogP contribution is -2.43. The first-order chi connectivity index (χ1) is 18.5. The summed E-state index contributed by atoms with van der Waals surface area (Å²) in [6.45, 7) is 5.31. The molecule has 0 unspecified atom stereocenters. The Balaban J connectivity index is 1.73. The predicted molar refractivity (Wildman–Crippen MR) is 146 cm³/mol. The maximum atomic E-state index is 14.0. The fourth-order valence-corrected chi connectivity index (χ4v) is 7.01. The Bertz CT molecular complexity index is 1550. The number of hydrogen-bond donors (Lipinski definition) is 1. The smallest absolute Gasteiger partial charge is 0.340 e. The van der Waals surface area contributed by atoms with Crippen LogP contribution in [-0.2, 0) is 26.9 Å². The minimum atomic E-state index is -4.19. The molecule has 0 amide bonds. The van der Waals surface area contributed by atoms with Crippen LogP contribution < -0.4 is 0 Å². The molecule has 2 fully saturated rings. The summed E-state index contributed by atoms with van der Waals surface area (Å²) in [5.74, 6) is -3.76. The maximum Gasteiger partial charge on any atom is 0.340 e. The highest BCUT2D eigenvalue weighted by Gasteiger charge is 2.37. The lowest BCUT2D eigenvalue weighted by Gasteiger charge is -2.32. The molecule has 0 atom stereocenters. The van der Waals surface area contributed by atoms with E-state index in [4.69, 9.17) is 4.74 Å². The van der Waals surface area contributed by atoms with E-state index < -0.39 is 33.2 Å². The van der Waals surface area contributed by atoms with E-state index in [0.29, 0.717) is 33.6 Å². The zero-order valence-electron chi connectivity index (χ0n) is 21.7. The zero-order chi connectivity index (χ0) is 28.1. The van der Waals surface area contributed by atoms with E-state index in [1.165, 1.54) is 0 Å². The van der Waals surface area contributed by atoms with E-state index in [0.717, 1.165) is 51.2 Å². The number of aromatic hydroxyl groups is 1. The van der Waals surface area contributed by atoms with Gasteiger partial charge in [0.1, 0.15) is 5.75 Å². The zero-order valence-corrected chi connectivity index (χ0v) is 24.1. The highest BCUT2D eigenvalue weighted by atomic mass is 79.9. The van der Waals surface area contributed by atoms with Crippen LogP contribution in [0, 0.1) is 11.6 Å². The number of sulfone groups is 1. The summed E-state index contributed by atoms with van der Waals surface area (Å²) in [6, 6.07) is 4.10. The number of piperazine rings is 1. The molecule has 1 N–H and O–H groups in total. The van der Waals surface area contributed by atoms with Crippen LogP contribution in [-0.4, -0.2) is 73.7 Å². The fraction of sp³-hybridized carbons (Fsp3) is 0.444. The second-order valence-corrected chi connectivity index (χ2v) is 13.0. The van der Waals surface area contributed by atoms with Crippen LogP contribution in [0.2, 0.25) is 0 Å². The molecule has 1 aromatic heterocycles. The third-order valence-corrected chi connectivity index (χ3v) is 9.60. The van der Waals surface area contributed by atoms with Crippen molar-refractivity contribution in [1.29, 1.82) is 0 Å². The van der Waals surface area contributed by atoms with Gasteiger partial charge < -0.3 is 19.3 Å². The Morgan fingerprint density at radius 3 is 2.44 bits per heavy atom. The highest BCUT2D eigenvalue weighted by Crippen LogP contribution is 2.47. The summed E-state index contributed by atoms with van der Waals surface area (Å²) < 4.78 is 62.2. The van der Waals surface area contributed by atoms with Gasteiger partial charge in [-0.05, 0) is 67.0 Å². The molecule has 2 aromatic carbocycles. The van der Waals surface area contributed by atoms with Gasteiger partial charge in [-0.1, -0.05) is 0 Å². The number of ether oxygens (including phenoxy) is 1. The number of rotatable bonds is 8. The van der Waals surface area contributed by atoms with Crippen LogP contribution in [0.25, 0.3) is 10.9 Å². The second kappa shape index (κ2) is 10.8. The number of nitrogens with zero attached hydrogens (tertiary/aromatic N) is 3. The van der Waals surface area contributed by atoms with E-state index >= 15 is 0 Å². The van der Waals surface area contributed by atoms with E-state index in [9.17, 15) is 27.1 Å². The molecule has 1 saturated heterocycles. The van der Waals surface area contributed by atoms with E-state index in [2.05, 4.69) is 25.7 Å². The van der Waals surface area contributed by atoms with Crippen molar-refractivity contribution in [3.8, 4) is 5.75 Å². The van der Waals surface area contributed by atoms with Gasteiger partial charge in [0.05, 0.1) is 32.8 Å². The minimum Gasteiger partial charge on any atom is -0.506 e. The summed E-state index contributed by atoms with van der Waals surface area (Å²) in [4.78, 5) is 17.5. The van der Waals surface area contributed by atoms with Gasteiger partial charge in [-0.15, -0.1) is 0 Å². The molecule has 39 heavy (non-hydrogen) atoms. The van der Waals surface area contributed by atoms with Gasteiger partial charge in [0, 0.05) is 55.4 Å². The molecule has 210 valence electrons. The Kier molecular flexibility index (Phi) is 7.75. The number of benzene rings is 2. The van der Waals surface area contributed by atoms with Crippen molar-refractivity contribution in [2.75, 3.05) is 39.8 Å². The van der Waals surface area contributed by atoms with Gasteiger partial charge >= 0.3 is 5.97 Å². The van der Waals surface area contributed by atoms with Crippen LogP contribution in [0.15, 0.2) is 33.6 Å². The SMILES string of the molecule is CCOC(=O)c1c(CS(=O)(=O)c2ccc(F)c(F)c2)n(C2CC2)c2cc(Br)c(O)c(CN3CCN(C)CC3)c12. The van der Waals surface area contributed by atoms with Crippen molar-refractivity contribution in [1.82, 2.24) is 14.4 Å². The Morgan fingerprint density at radius 2 is 1.82 bits per heavy atom. The summed E-state index contributed by atoms with van der Waals surface area (Å²) in [7, 11) is -2.15. The number of hydrogen-bond acceptors (Lipinski definition) is 7. The quantitative estimate of drug-likeness (QED) is 0.288. The average molecular weight is 627 g/mol. The summed E-state index contributed by atoms with van der Waals surface area (Å²) in [6.07, 6.45) is 1.58. The van der Waals surface area contributed by atoms with Gasteiger partial charge in [-0.2, -0.15) is 0 Å². The Labute approximate surface area is 234 Å². The van der Waals surface area contributed by atoms with Gasteiger partial charge in [0.25, 0.3) is 0 Å². The van der Waals surface area contributed by atoms with Gasteiger partial charge in [-0.3, -0.25) is 4.90 Å². The van der Waals surface area contributed by atoms with Gasteiger partial charge in [-0.25, -0.2) is 22.0 Å². The van der Waals surface area contributed by atoms with Crippen LogP contribution in [0.3, 0.4) is 0 Å². The van der Waals surface area contributed by atoms with Crippen LogP contribution >= 0.6 is 15.9 Å². The number of fused-ring (bicyclic) bond motifs is 1. The summed E-state index contributed by atoms with van der Waals surface area (Å²) in [5, 5.41) is 11.6. The number of carbonyl (C=O) groups is 1. The summed E-state index contributed by atoms with van der Waals surface area (Å²) in [5.41, 5.74) is 1.42. The van der Waals surface area contributed by atoms with E-state index in [1.54, 1.807) is 13.0 Å². The largest absolute Gasteiger partial charge is 0.506 e. The van der Waals surface area contributed by atoms with E-state index in [1.807, 2.05) is 11.6 Å². The van der Waals surface area contributed by atoms with Crippen molar-refractivity contribution in [3.05, 3.63) is 57.2 Å². The molecule has 2 aliphatic rings. The lowest BCUT2D eigenvalue weighted by molar-refractivity contribution is 0.0527. The number of halogens is 3. The number of phenols is 1. The first-order valence-electron chi connectivity index (χ1n) is 12.8. The van der Waals surface area contributed by atoms with Crippen molar-refractivity contribution < 1.29 is 31.8 Å². The maximum absolute atomic E-state index is 14.0. The van der Waals surface area contributed by atoms with Crippen LogP contribution in [0.4, 0.5) is 8.78 Å². The number of aromatic nitrogens is 1. The van der Waals surface area contributed by atoms with Crippen molar-refractivity contribution in [3.63, 3.8) is 0 Å². The molecule has 3 aromatic rings. The monoisotopic (exact) mass is 625 g/mol. The molecular formula is C27H30BrF2N3O5S. The molecule has 1 saturated carbocycles.